The summed E-state index contributed by atoms with van der Waals surface area (Å²) in [5.74, 6) is 0.721. The monoisotopic (exact) mass is 305 g/mol. The second kappa shape index (κ2) is 9.00. The van der Waals surface area contributed by atoms with Crippen molar-refractivity contribution in [2.75, 3.05) is 26.0 Å². The molecule has 0 radical (unpaired) electrons. The highest BCUT2D eigenvalue weighted by Crippen LogP contribution is 2.32. The van der Waals surface area contributed by atoms with Gasteiger partial charge in [-0.2, -0.15) is 0 Å². The largest absolute Gasteiger partial charge is 0.384 e. The summed E-state index contributed by atoms with van der Waals surface area (Å²) in [4.78, 5) is 0. The van der Waals surface area contributed by atoms with Gasteiger partial charge in [0.1, 0.15) is 0 Å². The fraction of sp³-hybridized carbons (Fsp3) is 1.00. The van der Waals surface area contributed by atoms with E-state index >= 15 is 0 Å². The average Bonchev–Trinajstić information content (AvgIpc) is 2.44. The van der Waals surface area contributed by atoms with E-state index in [1.54, 1.807) is 7.11 Å². The van der Waals surface area contributed by atoms with Crippen LogP contribution in [0.25, 0.3) is 0 Å². The lowest BCUT2D eigenvalue weighted by molar-refractivity contribution is 0.215. The van der Waals surface area contributed by atoms with E-state index in [0.717, 1.165) is 45.1 Å². The number of ether oxygens (including phenoxy) is 1. The molecule has 3 atom stereocenters. The zero-order valence-electron chi connectivity index (χ0n) is 13.2. The normalized spacial score (nSPS) is 27.6. The van der Waals surface area contributed by atoms with Crippen molar-refractivity contribution in [3.63, 3.8) is 0 Å². The lowest BCUT2D eigenvalue weighted by Gasteiger charge is -2.36. The summed E-state index contributed by atoms with van der Waals surface area (Å²) >= 11 is 0. The molecule has 1 fully saturated rings. The Kier molecular flexibility index (Phi) is 8.07. The van der Waals surface area contributed by atoms with Crippen LogP contribution in [0.1, 0.15) is 52.4 Å². The fourth-order valence-corrected chi connectivity index (χ4v) is 5.19. The summed E-state index contributed by atoms with van der Waals surface area (Å²) in [5, 5.41) is 3.22. The molecule has 1 saturated carbocycles. The molecule has 0 amide bonds. The minimum Gasteiger partial charge on any atom is -0.384 e. The molecule has 1 aliphatic rings. The van der Waals surface area contributed by atoms with E-state index in [1.165, 1.54) is 0 Å². The van der Waals surface area contributed by atoms with Crippen LogP contribution in [0.4, 0.5) is 0 Å². The molecule has 0 aromatic carbocycles. The molecule has 5 heteroatoms. The van der Waals surface area contributed by atoms with E-state index < -0.39 is 9.84 Å². The molecule has 0 heterocycles. The number of nitrogens with one attached hydrogen (secondary N) is 1. The number of hydrogen-bond donors (Lipinski definition) is 1. The smallest absolute Gasteiger partial charge is 0.156 e. The molecule has 1 N–H and O–H groups in total. The minimum atomic E-state index is -3.06. The van der Waals surface area contributed by atoms with E-state index in [0.29, 0.717) is 12.5 Å². The zero-order valence-corrected chi connectivity index (χ0v) is 14.0. The van der Waals surface area contributed by atoms with Crippen molar-refractivity contribution in [2.45, 2.75) is 63.7 Å². The first kappa shape index (κ1) is 17.9. The molecule has 0 bridgehead atoms. The Morgan fingerprint density at radius 1 is 1.20 bits per heavy atom. The Labute approximate surface area is 124 Å². The number of sulfone groups is 1. The van der Waals surface area contributed by atoms with E-state index in [1.807, 2.05) is 0 Å². The van der Waals surface area contributed by atoms with Crippen LogP contribution in [0, 0.1) is 5.92 Å². The molecule has 0 aliphatic heterocycles. The van der Waals surface area contributed by atoms with Crippen molar-refractivity contribution in [1.82, 2.24) is 5.32 Å². The average molecular weight is 305 g/mol. The maximum atomic E-state index is 12.5. The lowest BCUT2D eigenvalue weighted by atomic mass is 9.83. The van der Waals surface area contributed by atoms with Crippen LogP contribution in [-0.2, 0) is 14.6 Å². The summed E-state index contributed by atoms with van der Waals surface area (Å²) < 4.78 is 30.1. The standard InChI is InChI=1S/C15H31NO3S/c1-4-6-13-7-8-14(16-9-5-2)15(12-13)20(17,18)11-10-19-3/h13-16H,4-12H2,1-3H3. The van der Waals surface area contributed by atoms with Crippen LogP contribution in [0.5, 0.6) is 0 Å². The molecule has 0 spiro atoms. The molecule has 1 rings (SSSR count). The zero-order chi connectivity index (χ0) is 15.0. The maximum absolute atomic E-state index is 12.5. The van der Waals surface area contributed by atoms with Gasteiger partial charge in [0, 0.05) is 13.2 Å². The van der Waals surface area contributed by atoms with E-state index in [2.05, 4.69) is 19.2 Å². The first-order chi connectivity index (χ1) is 9.55. The van der Waals surface area contributed by atoms with Gasteiger partial charge in [-0.3, -0.25) is 0 Å². The van der Waals surface area contributed by atoms with Crippen LogP contribution >= 0.6 is 0 Å². The molecular weight excluding hydrogens is 274 g/mol. The van der Waals surface area contributed by atoms with Crippen LogP contribution in [-0.4, -0.2) is 45.7 Å². The Morgan fingerprint density at radius 2 is 1.95 bits per heavy atom. The SMILES string of the molecule is CCCNC1CCC(CCC)CC1S(=O)(=O)CCOC. The van der Waals surface area contributed by atoms with Gasteiger partial charge in [-0.15, -0.1) is 0 Å². The summed E-state index contributed by atoms with van der Waals surface area (Å²) in [6.45, 7) is 5.50. The molecule has 0 saturated heterocycles. The van der Waals surface area contributed by atoms with E-state index in [4.69, 9.17) is 4.74 Å². The second-order valence-electron chi connectivity index (χ2n) is 5.93. The summed E-state index contributed by atoms with van der Waals surface area (Å²) in [5.41, 5.74) is 0. The van der Waals surface area contributed by atoms with Crippen molar-refractivity contribution in [1.29, 1.82) is 0 Å². The van der Waals surface area contributed by atoms with Crippen molar-refractivity contribution in [2.24, 2.45) is 5.92 Å². The molecule has 1 aliphatic carbocycles. The number of methoxy groups -OCH3 is 1. The van der Waals surface area contributed by atoms with Gasteiger partial charge in [-0.1, -0.05) is 26.7 Å². The van der Waals surface area contributed by atoms with E-state index in [-0.39, 0.29) is 17.0 Å². The quantitative estimate of drug-likeness (QED) is 0.710. The first-order valence-electron chi connectivity index (χ1n) is 7.99. The molecule has 0 aromatic heterocycles. The van der Waals surface area contributed by atoms with Gasteiger partial charge in [0.25, 0.3) is 0 Å². The Balaban J connectivity index is 2.74. The van der Waals surface area contributed by atoms with Gasteiger partial charge in [0.2, 0.25) is 0 Å². The second-order valence-corrected chi connectivity index (χ2v) is 8.27. The van der Waals surface area contributed by atoms with Crippen molar-refractivity contribution >= 4 is 9.84 Å². The third-order valence-electron chi connectivity index (χ3n) is 4.29. The molecule has 3 unspecified atom stereocenters. The predicted molar refractivity (Wildman–Crippen MR) is 83.8 cm³/mol. The van der Waals surface area contributed by atoms with Gasteiger partial charge in [-0.05, 0) is 38.1 Å². The van der Waals surface area contributed by atoms with Gasteiger partial charge in [-0.25, -0.2) is 8.42 Å². The molecule has 120 valence electrons. The Bertz CT molecular complexity index is 356. The van der Waals surface area contributed by atoms with Gasteiger partial charge >= 0.3 is 0 Å². The fourth-order valence-electron chi connectivity index (χ4n) is 3.19. The summed E-state index contributed by atoms with van der Waals surface area (Å²) in [6, 6.07) is 0.130. The third-order valence-corrected chi connectivity index (χ3v) is 6.47. The van der Waals surface area contributed by atoms with Crippen molar-refractivity contribution < 1.29 is 13.2 Å². The molecule has 20 heavy (non-hydrogen) atoms. The van der Waals surface area contributed by atoms with Crippen molar-refractivity contribution in [3.8, 4) is 0 Å². The van der Waals surface area contributed by atoms with Crippen LogP contribution in [0.3, 0.4) is 0 Å². The highest BCUT2D eigenvalue weighted by atomic mass is 32.2. The molecule has 4 nitrogen and oxygen atoms in total. The number of hydrogen-bond acceptors (Lipinski definition) is 4. The predicted octanol–water partition coefficient (Wildman–Crippen LogP) is 2.38. The van der Waals surface area contributed by atoms with E-state index in [9.17, 15) is 8.42 Å². The molecular formula is C15H31NO3S. The third kappa shape index (κ3) is 5.34. The van der Waals surface area contributed by atoms with Crippen LogP contribution in [0.2, 0.25) is 0 Å². The Hall–Kier alpha value is -0.130. The van der Waals surface area contributed by atoms with Gasteiger partial charge in [0.15, 0.2) is 9.84 Å². The number of rotatable bonds is 9. The topological polar surface area (TPSA) is 55.4 Å². The lowest BCUT2D eigenvalue weighted by Crippen LogP contribution is -2.49. The van der Waals surface area contributed by atoms with Crippen LogP contribution < -0.4 is 5.32 Å². The first-order valence-corrected chi connectivity index (χ1v) is 9.70. The van der Waals surface area contributed by atoms with Gasteiger partial charge < -0.3 is 10.1 Å². The summed E-state index contributed by atoms with van der Waals surface area (Å²) in [7, 11) is -1.51. The minimum absolute atomic E-state index is 0.130. The molecule has 0 aromatic rings. The van der Waals surface area contributed by atoms with Crippen molar-refractivity contribution in [3.05, 3.63) is 0 Å². The Morgan fingerprint density at radius 3 is 2.55 bits per heavy atom. The maximum Gasteiger partial charge on any atom is 0.156 e. The van der Waals surface area contributed by atoms with Crippen LogP contribution in [0.15, 0.2) is 0 Å². The highest BCUT2D eigenvalue weighted by molar-refractivity contribution is 7.92. The van der Waals surface area contributed by atoms with Gasteiger partial charge in [0.05, 0.1) is 17.6 Å². The summed E-state index contributed by atoms with van der Waals surface area (Å²) in [6.07, 6.45) is 6.30. The highest BCUT2D eigenvalue weighted by Gasteiger charge is 2.38.